The van der Waals surface area contributed by atoms with E-state index >= 15 is 0 Å². The fourth-order valence-electron chi connectivity index (χ4n) is 6.34. The predicted molar refractivity (Wildman–Crippen MR) is 128 cm³/mol. The van der Waals surface area contributed by atoms with Crippen LogP contribution < -0.4 is 10.1 Å². The third-order valence-corrected chi connectivity index (χ3v) is 8.09. The van der Waals surface area contributed by atoms with Crippen LogP contribution in [0.5, 0.6) is 5.75 Å². The molecule has 34 heavy (non-hydrogen) atoms. The van der Waals surface area contributed by atoms with Gasteiger partial charge in [0.15, 0.2) is 13.2 Å². The van der Waals surface area contributed by atoms with Crippen molar-refractivity contribution in [1.29, 1.82) is 0 Å². The number of hydrogen-bond acceptors (Lipinski definition) is 5. The standard InChI is InChI=1S/C27H38N2O5/c1-17-5-4-6-18(2)29(17)26(31)16-33-23-11-9-21(10-12-23)27(32)34-15-25(30)28-19(3)24-14-20-7-8-22(24)13-20/h9-12,17-20,22,24H,4-8,13-16H2,1-3H3,(H,28,30). The van der Waals surface area contributed by atoms with Crippen molar-refractivity contribution in [3.8, 4) is 5.75 Å². The van der Waals surface area contributed by atoms with Gasteiger partial charge in [-0.2, -0.15) is 0 Å². The molecule has 1 aliphatic heterocycles. The van der Waals surface area contributed by atoms with E-state index < -0.39 is 5.97 Å². The van der Waals surface area contributed by atoms with Crippen molar-refractivity contribution >= 4 is 17.8 Å². The molecule has 1 saturated heterocycles. The van der Waals surface area contributed by atoms with E-state index in [0.29, 0.717) is 17.2 Å². The Kier molecular flexibility index (Phi) is 7.79. The van der Waals surface area contributed by atoms with E-state index in [2.05, 4.69) is 26.1 Å². The molecular formula is C27H38N2O5. The molecule has 0 aromatic heterocycles. The Labute approximate surface area is 202 Å². The molecule has 0 spiro atoms. The second kappa shape index (κ2) is 10.8. The summed E-state index contributed by atoms with van der Waals surface area (Å²) in [5.74, 6) is 1.77. The number of rotatable bonds is 8. The lowest BCUT2D eigenvalue weighted by Gasteiger charge is -2.38. The molecule has 4 rings (SSSR count). The van der Waals surface area contributed by atoms with Crippen molar-refractivity contribution in [2.75, 3.05) is 13.2 Å². The van der Waals surface area contributed by atoms with Gasteiger partial charge in [-0.15, -0.1) is 0 Å². The molecule has 0 radical (unpaired) electrons. The van der Waals surface area contributed by atoms with Crippen LogP contribution in [0.1, 0.15) is 76.1 Å². The number of fused-ring (bicyclic) bond motifs is 2. The number of esters is 1. The van der Waals surface area contributed by atoms with E-state index in [1.165, 1.54) is 25.7 Å². The van der Waals surface area contributed by atoms with Gasteiger partial charge in [0.05, 0.1) is 5.56 Å². The predicted octanol–water partition coefficient (Wildman–Crippen LogP) is 3.95. The molecule has 3 fully saturated rings. The molecule has 2 bridgehead atoms. The number of nitrogens with one attached hydrogen (secondary N) is 1. The quantitative estimate of drug-likeness (QED) is 0.582. The van der Waals surface area contributed by atoms with Crippen LogP contribution in [0.25, 0.3) is 0 Å². The smallest absolute Gasteiger partial charge is 0.338 e. The maximum Gasteiger partial charge on any atom is 0.338 e. The average molecular weight is 471 g/mol. The molecule has 1 N–H and O–H groups in total. The van der Waals surface area contributed by atoms with Crippen molar-refractivity contribution in [2.24, 2.45) is 17.8 Å². The van der Waals surface area contributed by atoms with Crippen molar-refractivity contribution in [2.45, 2.75) is 83.8 Å². The molecular weight excluding hydrogens is 432 g/mol. The van der Waals surface area contributed by atoms with Crippen LogP contribution in [0, 0.1) is 17.8 Å². The van der Waals surface area contributed by atoms with Crippen molar-refractivity contribution in [3.05, 3.63) is 29.8 Å². The first kappa shape index (κ1) is 24.6. The molecule has 2 saturated carbocycles. The molecule has 6 unspecified atom stereocenters. The lowest BCUT2D eigenvalue weighted by Crippen LogP contribution is -2.49. The van der Waals surface area contributed by atoms with E-state index in [1.54, 1.807) is 24.3 Å². The fourth-order valence-corrected chi connectivity index (χ4v) is 6.34. The molecule has 1 heterocycles. The first-order valence-electron chi connectivity index (χ1n) is 12.8. The maximum atomic E-state index is 12.6. The number of carbonyl (C=O) groups excluding carboxylic acids is 3. The number of carbonyl (C=O) groups is 3. The topological polar surface area (TPSA) is 84.9 Å². The molecule has 6 atom stereocenters. The molecule has 2 aliphatic carbocycles. The highest BCUT2D eigenvalue weighted by Crippen LogP contribution is 2.49. The Hall–Kier alpha value is -2.57. The molecule has 7 heteroatoms. The summed E-state index contributed by atoms with van der Waals surface area (Å²) in [6.45, 7) is 5.89. The molecule has 1 aromatic carbocycles. The van der Waals surface area contributed by atoms with Crippen molar-refractivity contribution < 1.29 is 23.9 Å². The largest absolute Gasteiger partial charge is 0.484 e. The van der Waals surface area contributed by atoms with E-state index in [1.807, 2.05) is 4.90 Å². The summed E-state index contributed by atoms with van der Waals surface area (Å²) in [6.07, 6.45) is 8.28. The molecule has 3 aliphatic rings. The summed E-state index contributed by atoms with van der Waals surface area (Å²) in [6, 6.07) is 7.02. The van der Waals surface area contributed by atoms with Gasteiger partial charge in [-0.3, -0.25) is 9.59 Å². The third kappa shape index (κ3) is 5.73. The number of nitrogens with zero attached hydrogens (tertiary/aromatic N) is 1. The zero-order chi connectivity index (χ0) is 24.2. The second-order valence-corrected chi connectivity index (χ2v) is 10.5. The van der Waals surface area contributed by atoms with Gasteiger partial charge in [0, 0.05) is 18.1 Å². The van der Waals surface area contributed by atoms with Crippen LogP contribution in [0.2, 0.25) is 0 Å². The van der Waals surface area contributed by atoms with Gasteiger partial charge in [-0.25, -0.2) is 4.79 Å². The Morgan fingerprint density at radius 2 is 1.71 bits per heavy atom. The van der Waals surface area contributed by atoms with Crippen molar-refractivity contribution in [1.82, 2.24) is 10.2 Å². The van der Waals surface area contributed by atoms with Crippen LogP contribution in [-0.4, -0.2) is 54.0 Å². The summed E-state index contributed by atoms with van der Waals surface area (Å²) in [7, 11) is 0. The number of ether oxygens (including phenoxy) is 2. The van der Waals surface area contributed by atoms with Crippen molar-refractivity contribution in [3.63, 3.8) is 0 Å². The van der Waals surface area contributed by atoms with E-state index in [0.717, 1.165) is 31.1 Å². The van der Waals surface area contributed by atoms with Gasteiger partial charge in [-0.1, -0.05) is 6.42 Å². The summed E-state index contributed by atoms with van der Waals surface area (Å²) < 4.78 is 10.9. The van der Waals surface area contributed by atoms with Gasteiger partial charge in [0.25, 0.3) is 11.8 Å². The Morgan fingerprint density at radius 1 is 1.00 bits per heavy atom. The zero-order valence-electron chi connectivity index (χ0n) is 20.6. The van der Waals surface area contributed by atoms with Gasteiger partial charge in [0.1, 0.15) is 5.75 Å². The van der Waals surface area contributed by atoms with E-state index in [-0.39, 0.29) is 43.2 Å². The number of likely N-dealkylation sites (tertiary alicyclic amines) is 1. The summed E-state index contributed by atoms with van der Waals surface area (Å²) in [5.41, 5.74) is 0.339. The van der Waals surface area contributed by atoms with Crippen LogP contribution in [0.4, 0.5) is 0 Å². The normalized spacial score (nSPS) is 28.9. The molecule has 1 aromatic rings. The molecule has 7 nitrogen and oxygen atoms in total. The Balaban J connectivity index is 1.19. The first-order chi connectivity index (χ1) is 16.3. The zero-order valence-corrected chi connectivity index (χ0v) is 20.6. The SMILES string of the molecule is CC(NC(=O)COC(=O)c1ccc(OCC(=O)N2C(C)CCCC2C)cc1)C1CC2CCC1C2. The first-order valence-corrected chi connectivity index (χ1v) is 12.8. The van der Waals surface area contributed by atoms with Gasteiger partial charge >= 0.3 is 5.97 Å². The lowest BCUT2D eigenvalue weighted by molar-refractivity contribution is -0.139. The monoisotopic (exact) mass is 470 g/mol. The number of piperidine rings is 1. The minimum atomic E-state index is -0.554. The van der Waals surface area contributed by atoms with E-state index in [9.17, 15) is 14.4 Å². The second-order valence-electron chi connectivity index (χ2n) is 10.5. The van der Waals surface area contributed by atoms with Crippen LogP contribution >= 0.6 is 0 Å². The highest BCUT2D eigenvalue weighted by atomic mass is 16.5. The summed E-state index contributed by atoms with van der Waals surface area (Å²) >= 11 is 0. The van der Waals surface area contributed by atoms with Crippen LogP contribution in [-0.2, 0) is 14.3 Å². The summed E-state index contributed by atoms with van der Waals surface area (Å²) in [5, 5.41) is 3.01. The number of amides is 2. The Morgan fingerprint density at radius 3 is 2.32 bits per heavy atom. The van der Waals surface area contributed by atoms with Gasteiger partial charge in [-0.05, 0) is 101 Å². The minimum absolute atomic E-state index is 0.0196. The lowest BCUT2D eigenvalue weighted by atomic mass is 9.84. The minimum Gasteiger partial charge on any atom is -0.484 e. The number of hydrogen-bond donors (Lipinski definition) is 1. The van der Waals surface area contributed by atoms with Gasteiger partial charge in [0.2, 0.25) is 0 Å². The highest BCUT2D eigenvalue weighted by molar-refractivity contribution is 5.91. The molecule has 186 valence electrons. The average Bonchev–Trinajstić information content (AvgIpc) is 3.45. The highest BCUT2D eigenvalue weighted by Gasteiger charge is 2.42. The van der Waals surface area contributed by atoms with Crippen LogP contribution in [0.3, 0.4) is 0 Å². The summed E-state index contributed by atoms with van der Waals surface area (Å²) in [4.78, 5) is 39.2. The van der Waals surface area contributed by atoms with Crippen LogP contribution in [0.15, 0.2) is 24.3 Å². The van der Waals surface area contributed by atoms with E-state index in [4.69, 9.17) is 9.47 Å². The van der Waals surface area contributed by atoms with Gasteiger partial charge < -0.3 is 19.7 Å². The third-order valence-electron chi connectivity index (χ3n) is 8.09. The fraction of sp³-hybridized carbons (Fsp3) is 0.667. The maximum absolute atomic E-state index is 12.6. The molecule has 2 amide bonds. The Bertz CT molecular complexity index is 876. The number of benzene rings is 1.